The highest BCUT2D eigenvalue weighted by molar-refractivity contribution is 5.75. The van der Waals surface area contributed by atoms with Crippen molar-refractivity contribution in [3.05, 3.63) is 30.1 Å². The van der Waals surface area contributed by atoms with Gasteiger partial charge in [0.2, 0.25) is 0 Å². The summed E-state index contributed by atoms with van der Waals surface area (Å²) in [5.74, 6) is -0.189. The van der Waals surface area contributed by atoms with E-state index in [2.05, 4.69) is 22.2 Å². The van der Waals surface area contributed by atoms with E-state index in [1.54, 1.807) is 0 Å². The predicted molar refractivity (Wildman–Crippen MR) is 84.1 cm³/mol. The van der Waals surface area contributed by atoms with Crippen molar-refractivity contribution in [1.82, 2.24) is 15.2 Å². The Morgan fingerprint density at radius 3 is 2.57 bits per heavy atom. The minimum atomic E-state index is -0.238. The van der Waals surface area contributed by atoms with Crippen LogP contribution in [0.3, 0.4) is 0 Å². The normalized spacial score (nSPS) is 12.7. The molecule has 0 aromatic carbocycles. The van der Waals surface area contributed by atoms with E-state index in [1.165, 1.54) is 12.7 Å². The molecule has 0 spiro atoms. The highest BCUT2D eigenvalue weighted by atomic mass is 16.5. The Hall–Kier alpha value is -1.46. The number of pyridine rings is 1. The van der Waals surface area contributed by atoms with Crippen molar-refractivity contribution < 1.29 is 9.53 Å². The molecular formula is C16H27N3O2. The smallest absolute Gasteiger partial charge is 0.322 e. The van der Waals surface area contributed by atoms with E-state index >= 15 is 0 Å². The molecule has 0 saturated heterocycles. The fraction of sp³-hybridized carbons (Fsp3) is 0.625. The molecule has 0 aliphatic heterocycles. The third-order valence-electron chi connectivity index (χ3n) is 3.35. The molecule has 0 radical (unpaired) electrons. The number of hydrogen-bond donors (Lipinski definition) is 1. The maximum atomic E-state index is 11.7. The number of hydrogen-bond acceptors (Lipinski definition) is 5. The van der Waals surface area contributed by atoms with Gasteiger partial charge in [0, 0.05) is 25.0 Å². The molecule has 1 aromatic heterocycles. The van der Waals surface area contributed by atoms with E-state index in [9.17, 15) is 4.79 Å². The van der Waals surface area contributed by atoms with E-state index < -0.39 is 0 Å². The number of likely N-dealkylation sites (N-methyl/N-ethyl adjacent to an activating group) is 1. The second-order valence-corrected chi connectivity index (χ2v) is 5.59. The van der Waals surface area contributed by atoms with E-state index in [4.69, 9.17) is 4.74 Å². The van der Waals surface area contributed by atoms with Gasteiger partial charge >= 0.3 is 5.97 Å². The molecule has 0 amide bonds. The molecular weight excluding hydrogens is 266 g/mol. The van der Waals surface area contributed by atoms with Crippen LogP contribution in [0.1, 0.15) is 25.8 Å². The van der Waals surface area contributed by atoms with E-state index in [0.29, 0.717) is 0 Å². The fourth-order valence-electron chi connectivity index (χ4n) is 2.14. The zero-order valence-corrected chi connectivity index (χ0v) is 13.5. The molecule has 1 N–H and O–H groups in total. The number of nitrogens with one attached hydrogen (secondary N) is 1. The van der Waals surface area contributed by atoms with Gasteiger partial charge in [0.05, 0.1) is 7.11 Å². The second kappa shape index (κ2) is 9.47. The molecule has 1 unspecified atom stereocenters. The van der Waals surface area contributed by atoms with Crippen LogP contribution in [-0.4, -0.2) is 55.2 Å². The first-order valence-corrected chi connectivity index (χ1v) is 7.44. The van der Waals surface area contributed by atoms with Gasteiger partial charge in [-0.2, -0.15) is 0 Å². The van der Waals surface area contributed by atoms with Gasteiger partial charge in [-0.25, -0.2) is 0 Å². The van der Waals surface area contributed by atoms with Crippen molar-refractivity contribution in [2.45, 2.75) is 38.8 Å². The number of aromatic nitrogens is 1. The largest absolute Gasteiger partial charge is 0.468 e. The molecule has 0 saturated carbocycles. The molecule has 0 aliphatic rings. The summed E-state index contributed by atoms with van der Waals surface area (Å²) in [6.45, 7) is 5.87. The Bertz CT molecular complexity index is 409. The van der Waals surface area contributed by atoms with Gasteiger partial charge < -0.3 is 15.0 Å². The summed E-state index contributed by atoms with van der Waals surface area (Å²) < 4.78 is 4.85. The fourth-order valence-corrected chi connectivity index (χ4v) is 2.14. The monoisotopic (exact) mass is 293 g/mol. The van der Waals surface area contributed by atoms with Crippen molar-refractivity contribution >= 4 is 5.97 Å². The molecule has 5 nitrogen and oxygen atoms in total. The molecule has 21 heavy (non-hydrogen) atoms. The van der Waals surface area contributed by atoms with Crippen molar-refractivity contribution in [3.63, 3.8) is 0 Å². The Balaban J connectivity index is 2.35. The van der Waals surface area contributed by atoms with Crippen LogP contribution >= 0.6 is 0 Å². The number of nitrogens with zero attached hydrogens (tertiary/aromatic N) is 2. The van der Waals surface area contributed by atoms with Crippen molar-refractivity contribution in [1.29, 1.82) is 0 Å². The second-order valence-electron chi connectivity index (χ2n) is 5.59. The number of esters is 1. The van der Waals surface area contributed by atoms with E-state index in [-0.39, 0.29) is 18.1 Å². The lowest BCUT2D eigenvalue weighted by Crippen LogP contribution is -2.43. The predicted octanol–water partition coefficient (Wildman–Crippen LogP) is 1.49. The van der Waals surface area contributed by atoms with Crippen molar-refractivity contribution in [2.75, 3.05) is 27.2 Å². The molecule has 1 heterocycles. The zero-order chi connectivity index (χ0) is 15.7. The Morgan fingerprint density at radius 2 is 2.00 bits per heavy atom. The summed E-state index contributed by atoms with van der Waals surface area (Å²) in [6.07, 6.45) is 5.36. The Labute approximate surface area is 127 Å². The molecule has 0 aliphatic carbocycles. The Morgan fingerprint density at radius 1 is 1.33 bits per heavy atom. The third-order valence-corrected chi connectivity index (χ3v) is 3.35. The van der Waals surface area contributed by atoms with E-state index in [1.807, 2.05) is 38.4 Å². The molecule has 0 bridgehead atoms. The topological polar surface area (TPSA) is 54.5 Å². The molecule has 1 atom stereocenters. The number of rotatable bonds is 9. The summed E-state index contributed by atoms with van der Waals surface area (Å²) >= 11 is 0. The SMILES string of the molecule is COC(=O)C(CCN(C)CCc1ccncc1)NC(C)C. The number of carbonyl (C=O) groups excluding carboxylic acids is 1. The van der Waals surface area contributed by atoms with Crippen LogP contribution in [0.4, 0.5) is 0 Å². The highest BCUT2D eigenvalue weighted by Crippen LogP contribution is 2.02. The number of ether oxygens (including phenoxy) is 1. The Kier molecular flexibility index (Phi) is 7.93. The van der Waals surface area contributed by atoms with Gasteiger partial charge in [-0.3, -0.25) is 9.78 Å². The maximum Gasteiger partial charge on any atom is 0.322 e. The first-order chi connectivity index (χ1) is 10.0. The minimum absolute atomic E-state index is 0.189. The van der Waals surface area contributed by atoms with Gasteiger partial charge in [0.25, 0.3) is 0 Å². The average Bonchev–Trinajstić information content (AvgIpc) is 2.49. The average molecular weight is 293 g/mol. The van der Waals surface area contributed by atoms with Crippen molar-refractivity contribution in [2.24, 2.45) is 0 Å². The van der Waals surface area contributed by atoms with Gasteiger partial charge in [0.1, 0.15) is 6.04 Å². The third kappa shape index (κ3) is 7.20. The molecule has 1 aromatic rings. The lowest BCUT2D eigenvalue weighted by atomic mass is 10.1. The summed E-state index contributed by atoms with van der Waals surface area (Å²) in [5.41, 5.74) is 1.28. The lowest BCUT2D eigenvalue weighted by Gasteiger charge is -2.22. The van der Waals surface area contributed by atoms with Crippen LogP contribution in [0.25, 0.3) is 0 Å². The summed E-state index contributed by atoms with van der Waals surface area (Å²) in [4.78, 5) is 18.0. The van der Waals surface area contributed by atoms with E-state index in [0.717, 1.165) is 25.9 Å². The van der Waals surface area contributed by atoms with Crippen LogP contribution in [0.2, 0.25) is 0 Å². The van der Waals surface area contributed by atoms with Crippen LogP contribution in [-0.2, 0) is 16.0 Å². The molecule has 0 fully saturated rings. The lowest BCUT2D eigenvalue weighted by molar-refractivity contribution is -0.143. The summed E-state index contributed by atoms with van der Waals surface area (Å²) in [6, 6.07) is 4.09. The zero-order valence-electron chi connectivity index (χ0n) is 13.5. The number of methoxy groups -OCH3 is 1. The van der Waals surface area contributed by atoms with Gasteiger partial charge in [0.15, 0.2) is 0 Å². The van der Waals surface area contributed by atoms with Crippen LogP contribution in [0, 0.1) is 0 Å². The number of carbonyl (C=O) groups is 1. The van der Waals surface area contributed by atoms with Crippen LogP contribution in [0.5, 0.6) is 0 Å². The minimum Gasteiger partial charge on any atom is -0.468 e. The quantitative estimate of drug-likeness (QED) is 0.699. The standard InChI is InChI=1S/C16H27N3O2/c1-13(2)18-15(16(20)21-4)8-12-19(3)11-7-14-5-9-17-10-6-14/h5-6,9-10,13,15,18H,7-8,11-12H2,1-4H3. The van der Waals surface area contributed by atoms with Gasteiger partial charge in [-0.1, -0.05) is 13.8 Å². The maximum absolute atomic E-state index is 11.7. The molecule has 118 valence electrons. The first-order valence-electron chi connectivity index (χ1n) is 7.44. The van der Waals surface area contributed by atoms with Gasteiger partial charge in [-0.15, -0.1) is 0 Å². The van der Waals surface area contributed by atoms with Gasteiger partial charge in [-0.05, 0) is 44.1 Å². The molecule has 1 rings (SSSR count). The highest BCUT2D eigenvalue weighted by Gasteiger charge is 2.19. The molecule has 5 heteroatoms. The summed E-state index contributed by atoms with van der Waals surface area (Å²) in [5, 5.41) is 3.25. The van der Waals surface area contributed by atoms with Crippen molar-refractivity contribution in [3.8, 4) is 0 Å². The van der Waals surface area contributed by atoms with Crippen LogP contribution < -0.4 is 5.32 Å². The van der Waals surface area contributed by atoms with Crippen LogP contribution in [0.15, 0.2) is 24.5 Å². The summed E-state index contributed by atoms with van der Waals surface area (Å²) in [7, 11) is 3.51. The first kappa shape index (κ1) is 17.6.